The van der Waals surface area contributed by atoms with Gasteiger partial charge in [0.25, 0.3) is 0 Å². The van der Waals surface area contributed by atoms with E-state index < -0.39 is 5.97 Å². The highest BCUT2D eigenvalue weighted by atomic mass is 16.5. The Hall–Kier alpha value is -2.56. The van der Waals surface area contributed by atoms with Crippen LogP contribution in [0.4, 0.5) is 0 Å². The molecule has 0 bridgehead atoms. The van der Waals surface area contributed by atoms with Gasteiger partial charge in [0.15, 0.2) is 0 Å². The number of benzene rings is 2. The number of aliphatic carboxylic acids is 1. The molecule has 1 aliphatic rings. The minimum Gasteiger partial charge on any atom is -0.493 e. The van der Waals surface area contributed by atoms with Gasteiger partial charge < -0.3 is 14.7 Å². The van der Waals surface area contributed by atoms with Crippen molar-refractivity contribution in [1.82, 2.24) is 4.90 Å². The summed E-state index contributed by atoms with van der Waals surface area (Å²) in [6.07, 6.45) is 1.61. The number of piperidine rings is 1. The predicted octanol–water partition coefficient (Wildman–Crippen LogP) is 3.57. The second-order valence-electron chi connectivity index (χ2n) is 6.98. The molecule has 1 saturated heterocycles. The number of hydrogen-bond acceptors (Lipinski definition) is 3. The van der Waals surface area contributed by atoms with Crippen LogP contribution in [0.15, 0.2) is 42.5 Å². The topological polar surface area (TPSA) is 66.8 Å². The fourth-order valence-electron chi connectivity index (χ4n) is 3.62. The third-order valence-corrected chi connectivity index (χ3v) is 5.12. The van der Waals surface area contributed by atoms with Crippen LogP contribution in [-0.2, 0) is 9.59 Å². The summed E-state index contributed by atoms with van der Waals surface area (Å²) < 4.78 is 5.88. The summed E-state index contributed by atoms with van der Waals surface area (Å²) >= 11 is 0. The highest BCUT2D eigenvalue weighted by Gasteiger charge is 2.32. The highest BCUT2D eigenvalue weighted by molar-refractivity contribution is 5.88. The minimum atomic E-state index is -0.756. The Balaban J connectivity index is 1.46. The summed E-state index contributed by atoms with van der Waals surface area (Å²) in [6, 6.07) is 14.0. The van der Waals surface area contributed by atoms with Gasteiger partial charge in [-0.15, -0.1) is 0 Å². The molecular formula is C21H25NO4. The third kappa shape index (κ3) is 4.15. The van der Waals surface area contributed by atoms with Crippen LogP contribution in [-0.4, -0.2) is 41.6 Å². The Labute approximate surface area is 153 Å². The number of amides is 1. The summed E-state index contributed by atoms with van der Waals surface area (Å²) in [5, 5.41) is 11.4. The molecule has 1 fully saturated rings. The van der Waals surface area contributed by atoms with Crippen molar-refractivity contribution in [3.05, 3.63) is 42.5 Å². The Morgan fingerprint density at radius 3 is 2.73 bits per heavy atom. The van der Waals surface area contributed by atoms with Gasteiger partial charge in [0.05, 0.1) is 12.5 Å². The van der Waals surface area contributed by atoms with Crippen molar-refractivity contribution >= 4 is 22.6 Å². The zero-order valence-corrected chi connectivity index (χ0v) is 15.1. The number of carboxylic acid groups (broad SMARTS) is 1. The average Bonchev–Trinajstić information content (AvgIpc) is 2.64. The maximum Gasteiger partial charge on any atom is 0.306 e. The van der Waals surface area contributed by atoms with Gasteiger partial charge in [-0.2, -0.15) is 0 Å². The molecule has 5 nitrogen and oxygen atoms in total. The molecule has 2 aromatic carbocycles. The molecule has 0 saturated carbocycles. The van der Waals surface area contributed by atoms with E-state index in [1.807, 2.05) is 49.4 Å². The number of ether oxygens (including phenoxy) is 1. The van der Waals surface area contributed by atoms with Gasteiger partial charge in [-0.1, -0.05) is 43.3 Å². The van der Waals surface area contributed by atoms with Crippen LogP contribution < -0.4 is 4.74 Å². The molecule has 1 aliphatic heterocycles. The number of nitrogens with zero attached hydrogens (tertiary/aromatic N) is 1. The van der Waals surface area contributed by atoms with Gasteiger partial charge in [0.1, 0.15) is 5.75 Å². The average molecular weight is 355 g/mol. The van der Waals surface area contributed by atoms with Gasteiger partial charge in [0.2, 0.25) is 5.91 Å². The van der Waals surface area contributed by atoms with E-state index in [9.17, 15) is 14.7 Å². The second-order valence-corrected chi connectivity index (χ2v) is 6.98. The number of fused-ring (bicyclic) bond motifs is 1. The zero-order chi connectivity index (χ0) is 18.5. The number of likely N-dealkylation sites (tertiary alicyclic amines) is 1. The second kappa shape index (κ2) is 8.21. The molecule has 0 aliphatic carbocycles. The lowest BCUT2D eigenvalue weighted by atomic mass is 9.87. The number of carbonyl (C=O) groups excluding carboxylic acids is 1. The van der Waals surface area contributed by atoms with Gasteiger partial charge >= 0.3 is 5.97 Å². The SMILES string of the molecule is CC1CN(C(=O)CCCOc2cccc3ccccc23)CCC1C(=O)O. The molecule has 138 valence electrons. The van der Waals surface area contributed by atoms with Crippen molar-refractivity contribution in [3.8, 4) is 5.75 Å². The van der Waals surface area contributed by atoms with Crippen molar-refractivity contribution in [2.45, 2.75) is 26.2 Å². The van der Waals surface area contributed by atoms with E-state index in [-0.39, 0.29) is 17.7 Å². The summed E-state index contributed by atoms with van der Waals surface area (Å²) in [5.74, 6) is -0.174. The fraction of sp³-hybridized carbons (Fsp3) is 0.429. The molecule has 1 amide bonds. The number of rotatable bonds is 6. The zero-order valence-electron chi connectivity index (χ0n) is 15.1. The van der Waals surface area contributed by atoms with Crippen molar-refractivity contribution in [3.63, 3.8) is 0 Å². The molecule has 3 rings (SSSR count). The van der Waals surface area contributed by atoms with Crippen LogP contribution in [0.5, 0.6) is 5.75 Å². The number of carbonyl (C=O) groups is 2. The molecule has 1 heterocycles. The monoisotopic (exact) mass is 355 g/mol. The first kappa shape index (κ1) is 18.2. The molecule has 26 heavy (non-hydrogen) atoms. The lowest BCUT2D eigenvalue weighted by Crippen LogP contribution is -2.45. The Morgan fingerprint density at radius 2 is 1.96 bits per heavy atom. The molecule has 2 unspecified atom stereocenters. The first-order valence-electron chi connectivity index (χ1n) is 9.17. The lowest BCUT2D eigenvalue weighted by molar-refractivity contribution is -0.148. The Kier molecular flexibility index (Phi) is 5.76. The van der Waals surface area contributed by atoms with Crippen LogP contribution in [0, 0.1) is 11.8 Å². The summed E-state index contributed by atoms with van der Waals surface area (Å²) in [7, 11) is 0. The summed E-state index contributed by atoms with van der Waals surface area (Å²) in [6.45, 7) is 3.45. The van der Waals surface area contributed by atoms with Gasteiger partial charge in [-0.05, 0) is 30.2 Å². The smallest absolute Gasteiger partial charge is 0.306 e. The normalized spacial score (nSPS) is 20.1. The van der Waals surface area contributed by atoms with E-state index in [1.165, 1.54) is 0 Å². The number of carboxylic acids is 1. The maximum absolute atomic E-state index is 12.4. The van der Waals surface area contributed by atoms with E-state index in [0.717, 1.165) is 16.5 Å². The van der Waals surface area contributed by atoms with Crippen LogP contribution in [0.3, 0.4) is 0 Å². The van der Waals surface area contributed by atoms with E-state index >= 15 is 0 Å². The van der Waals surface area contributed by atoms with Crippen molar-refractivity contribution < 1.29 is 19.4 Å². The molecule has 5 heteroatoms. The molecular weight excluding hydrogens is 330 g/mol. The first-order valence-corrected chi connectivity index (χ1v) is 9.17. The van der Waals surface area contributed by atoms with Crippen molar-refractivity contribution in [2.75, 3.05) is 19.7 Å². The van der Waals surface area contributed by atoms with Crippen LogP contribution in [0.1, 0.15) is 26.2 Å². The van der Waals surface area contributed by atoms with Gasteiger partial charge in [-0.3, -0.25) is 9.59 Å². The molecule has 0 radical (unpaired) electrons. The summed E-state index contributed by atoms with van der Waals surface area (Å²) in [4.78, 5) is 25.3. The van der Waals surface area contributed by atoms with Gasteiger partial charge in [-0.25, -0.2) is 0 Å². The minimum absolute atomic E-state index is 0.00265. The third-order valence-electron chi connectivity index (χ3n) is 5.12. The van der Waals surface area contributed by atoms with Crippen LogP contribution in [0.2, 0.25) is 0 Å². The predicted molar refractivity (Wildman–Crippen MR) is 100 cm³/mol. The summed E-state index contributed by atoms with van der Waals surface area (Å²) in [5.41, 5.74) is 0. The van der Waals surface area contributed by atoms with Crippen LogP contribution in [0.25, 0.3) is 10.8 Å². The van der Waals surface area contributed by atoms with Crippen LogP contribution >= 0.6 is 0 Å². The maximum atomic E-state index is 12.4. The van der Waals surface area contributed by atoms with E-state index in [2.05, 4.69) is 0 Å². The van der Waals surface area contributed by atoms with E-state index in [1.54, 1.807) is 4.90 Å². The van der Waals surface area contributed by atoms with E-state index in [4.69, 9.17) is 4.74 Å². The molecule has 1 N–H and O–H groups in total. The molecule has 0 aromatic heterocycles. The lowest BCUT2D eigenvalue weighted by Gasteiger charge is -2.35. The molecule has 2 aromatic rings. The molecule has 2 atom stereocenters. The molecule has 0 spiro atoms. The highest BCUT2D eigenvalue weighted by Crippen LogP contribution is 2.26. The standard InChI is InChI=1S/C21H25NO4/c1-15-14-22(12-11-17(15)21(24)25)20(23)10-5-13-26-19-9-4-7-16-6-2-3-8-18(16)19/h2-4,6-9,15,17H,5,10-14H2,1H3,(H,24,25). The largest absolute Gasteiger partial charge is 0.493 e. The van der Waals surface area contributed by atoms with Crippen molar-refractivity contribution in [1.29, 1.82) is 0 Å². The fourth-order valence-corrected chi connectivity index (χ4v) is 3.62. The quantitative estimate of drug-likeness (QED) is 0.805. The van der Waals surface area contributed by atoms with E-state index in [0.29, 0.717) is 39.0 Å². The van der Waals surface area contributed by atoms with Crippen molar-refractivity contribution in [2.24, 2.45) is 11.8 Å². The Bertz CT molecular complexity index is 783. The van der Waals surface area contributed by atoms with Gasteiger partial charge in [0, 0.05) is 24.9 Å². The first-order chi connectivity index (χ1) is 12.6. The number of hydrogen-bond donors (Lipinski definition) is 1. The Morgan fingerprint density at radius 1 is 1.19 bits per heavy atom.